The molecule has 0 aliphatic heterocycles. The molecule has 1 unspecified atom stereocenters. The number of rotatable bonds is 3. The van der Waals surface area contributed by atoms with E-state index in [4.69, 9.17) is 0 Å². The number of benzene rings is 1. The van der Waals surface area contributed by atoms with Crippen LogP contribution in [0.4, 0.5) is 5.69 Å². The Kier molecular flexibility index (Phi) is 3.30. The summed E-state index contributed by atoms with van der Waals surface area (Å²) in [5.41, 5.74) is 5.26. The topological polar surface area (TPSA) is 12.0 Å². The Morgan fingerprint density at radius 2 is 2.00 bits per heavy atom. The summed E-state index contributed by atoms with van der Waals surface area (Å²) in [6.07, 6.45) is 0. The van der Waals surface area contributed by atoms with Gasteiger partial charge in [-0.1, -0.05) is 12.1 Å². The fraction of sp³-hybridized carbons (Fsp3) is 0.286. The monoisotopic (exact) mass is 231 g/mol. The van der Waals surface area contributed by atoms with Gasteiger partial charge in [-0.3, -0.25) is 0 Å². The molecule has 1 aromatic heterocycles. The highest BCUT2D eigenvalue weighted by Crippen LogP contribution is 2.24. The van der Waals surface area contributed by atoms with Crippen LogP contribution in [0.5, 0.6) is 0 Å². The summed E-state index contributed by atoms with van der Waals surface area (Å²) >= 11 is 1.75. The van der Waals surface area contributed by atoms with Crippen LogP contribution in [0.15, 0.2) is 35.0 Å². The normalized spacial score (nSPS) is 12.4. The molecule has 2 rings (SSSR count). The second-order valence-corrected chi connectivity index (χ2v) is 4.95. The molecule has 1 nitrogen and oxygen atoms in total. The van der Waals surface area contributed by atoms with Crippen molar-refractivity contribution >= 4 is 17.0 Å². The summed E-state index contributed by atoms with van der Waals surface area (Å²) in [5.74, 6) is 0. The van der Waals surface area contributed by atoms with Crippen molar-refractivity contribution in [3.63, 3.8) is 0 Å². The summed E-state index contributed by atoms with van der Waals surface area (Å²) < 4.78 is 0. The molecule has 1 N–H and O–H groups in total. The molecular weight excluding hydrogens is 214 g/mol. The Morgan fingerprint density at radius 1 is 1.19 bits per heavy atom. The van der Waals surface area contributed by atoms with E-state index in [2.05, 4.69) is 61.1 Å². The van der Waals surface area contributed by atoms with Gasteiger partial charge in [-0.15, -0.1) is 0 Å². The van der Waals surface area contributed by atoms with Crippen molar-refractivity contribution in [1.29, 1.82) is 0 Å². The van der Waals surface area contributed by atoms with E-state index >= 15 is 0 Å². The van der Waals surface area contributed by atoms with Crippen molar-refractivity contribution in [3.05, 3.63) is 51.7 Å². The second kappa shape index (κ2) is 4.71. The fourth-order valence-electron chi connectivity index (χ4n) is 1.75. The van der Waals surface area contributed by atoms with Crippen molar-refractivity contribution in [2.75, 3.05) is 5.32 Å². The lowest BCUT2D eigenvalue weighted by Crippen LogP contribution is -2.07. The molecule has 0 spiro atoms. The van der Waals surface area contributed by atoms with Gasteiger partial charge in [-0.25, -0.2) is 0 Å². The van der Waals surface area contributed by atoms with E-state index in [9.17, 15) is 0 Å². The molecule has 1 aromatic carbocycles. The van der Waals surface area contributed by atoms with Crippen molar-refractivity contribution in [2.45, 2.75) is 26.8 Å². The van der Waals surface area contributed by atoms with Crippen LogP contribution in [0.25, 0.3) is 0 Å². The van der Waals surface area contributed by atoms with E-state index in [1.807, 2.05) is 0 Å². The number of nitrogens with one attached hydrogen (secondary N) is 1. The first-order valence-corrected chi connectivity index (χ1v) is 6.47. The predicted molar refractivity (Wildman–Crippen MR) is 72.3 cm³/mol. The molecule has 0 fully saturated rings. The van der Waals surface area contributed by atoms with E-state index in [1.165, 1.54) is 22.4 Å². The molecule has 2 aromatic rings. The number of hydrogen-bond donors (Lipinski definition) is 1. The first-order valence-electron chi connectivity index (χ1n) is 5.53. The van der Waals surface area contributed by atoms with Crippen LogP contribution in [0, 0.1) is 13.8 Å². The fourth-order valence-corrected chi connectivity index (χ4v) is 2.50. The maximum absolute atomic E-state index is 3.56. The predicted octanol–water partition coefficient (Wildman–Crippen LogP) is 4.54. The van der Waals surface area contributed by atoms with Crippen LogP contribution in [0.1, 0.15) is 29.7 Å². The van der Waals surface area contributed by atoms with Crippen LogP contribution in [0.3, 0.4) is 0 Å². The minimum atomic E-state index is 0.367. The van der Waals surface area contributed by atoms with E-state index in [-0.39, 0.29) is 0 Å². The molecule has 0 radical (unpaired) electrons. The average Bonchev–Trinajstić information content (AvgIpc) is 2.78. The quantitative estimate of drug-likeness (QED) is 0.818. The average molecular weight is 231 g/mol. The molecule has 0 aliphatic carbocycles. The zero-order valence-electron chi connectivity index (χ0n) is 9.95. The molecule has 84 valence electrons. The summed E-state index contributed by atoms with van der Waals surface area (Å²) in [4.78, 5) is 0. The summed E-state index contributed by atoms with van der Waals surface area (Å²) in [7, 11) is 0. The van der Waals surface area contributed by atoms with Gasteiger partial charge in [0.1, 0.15) is 0 Å². The highest BCUT2D eigenvalue weighted by Gasteiger charge is 2.07. The molecule has 1 atom stereocenters. The van der Waals surface area contributed by atoms with E-state index < -0.39 is 0 Å². The smallest absolute Gasteiger partial charge is 0.0493 e. The molecule has 0 amide bonds. The lowest BCUT2D eigenvalue weighted by Gasteiger charge is -2.17. The third kappa shape index (κ3) is 2.27. The lowest BCUT2D eigenvalue weighted by atomic mass is 10.1. The van der Waals surface area contributed by atoms with Gasteiger partial charge in [-0.05, 0) is 60.4 Å². The highest BCUT2D eigenvalue weighted by molar-refractivity contribution is 7.07. The molecule has 0 bridgehead atoms. The van der Waals surface area contributed by atoms with Crippen LogP contribution >= 0.6 is 11.3 Å². The third-order valence-corrected chi connectivity index (χ3v) is 3.72. The number of aryl methyl sites for hydroxylation is 1. The Labute approximate surface area is 101 Å². The largest absolute Gasteiger partial charge is 0.378 e. The Bertz CT molecular complexity index is 460. The molecule has 0 saturated carbocycles. The standard InChI is InChI=1S/C14H17NS/c1-10-5-4-6-14(11(10)2)15-12(3)13-7-8-16-9-13/h4-9,12,15H,1-3H3. The molecule has 2 heteroatoms. The highest BCUT2D eigenvalue weighted by atomic mass is 32.1. The van der Waals surface area contributed by atoms with E-state index in [0.717, 1.165) is 0 Å². The lowest BCUT2D eigenvalue weighted by molar-refractivity contribution is 0.887. The number of hydrogen-bond acceptors (Lipinski definition) is 2. The summed E-state index contributed by atoms with van der Waals surface area (Å²) in [6.45, 7) is 6.51. The minimum Gasteiger partial charge on any atom is -0.378 e. The van der Waals surface area contributed by atoms with Crippen LogP contribution in [0.2, 0.25) is 0 Å². The van der Waals surface area contributed by atoms with Crippen LogP contribution < -0.4 is 5.32 Å². The first kappa shape index (κ1) is 11.2. The summed E-state index contributed by atoms with van der Waals surface area (Å²) in [6, 6.07) is 8.94. The van der Waals surface area contributed by atoms with Crippen molar-refractivity contribution in [1.82, 2.24) is 0 Å². The van der Waals surface area contributed by atoms with Gasteiger partial charge in [0.05, 0.1) is 0 Å². The zero-order chi connectivity index (χ0) is 11.5. The van der Waals surface area contributed by atoms with Crippen molar-refractivity contribution in [2.24, 2.45) is 0 Å². The molecule has 16 heavy (non-hydrogen) atoms. The molecular formula is C14H17NS. The van der Waals surface area contributed by atoms with Gasteiger partial charge in [0.25, 0.3) is 0 Å². The zero-order valence-corrected chi connectivity index (χ0v) is 10.8. The van der Waals surface area contributed by atoms with Gasteiger partial charge in [0, 0.05) is 11.7 Å². The summed E-state index contributed by atoms with van der Waals surface area (Å²) in [5, 5.41) is 7.88. The maximum atomic E-state index is 3.56. The van der Waals surface area contributed by atoms with E-state index in [1.54, 1.807) is 11.3 Å². The van der Waals surface area contributed by atoms with Gasteiger partial charge in [0.2, 0.25) is 0 Å². The molecule has 0 aliphatic rings. The first-order chi connectivity index (χ1) is 7.68. The molecule has 1 heterocycles. The Balaban J connectivity index is 2.18. The molecule has 0 saturated heterocycles. The van der Waals surface area contributed by atoms with Crippen molar-refractivity contribution in [3.8, 4) is 0 Å². The number of thiophene rings is 1. The Hall–Kier alpha value is -1.28. The van der Waals surface area contributed by atoms with Gasteiger partial charge < -0.3 is 5.32 Å². The SMILES string of the molecule is Cc1cccc(NC(C)c2ccsc2)c1C. The van der Waals surface area contributed by atoms with E-state index in [0.29, 0.717) is 6.04 Å². The van der Waals surface area contributed by atoms with Gasteiger partial charge in [-0.2, -0.15) is 11.3 Å². The second-order valence-electron chi connectivity index (χ2n) is 4.17. The maximum Gasteiger partial charge on any atom is 0.0493 e. The van der Waals surface area contributed by atoms with Crippen LogP contribution in [-0.2, 0) is 0 Å². The van der Waals surface area contributed by atoms with Crippen molar-refractivity contribution < 1.29 is 0 Å². The number of anilines is 1. The van der Waals surface area contributed by atoms with Gasteiger partial charge >= 0.3 is 0 Å². The Morgan fingerprint density at radius 3 is 2.69 bits per heavy atom. The van der Waals surface area contributed by atoms with Crippen LogP contribution in [-0.4, -0.2) is 0 Å². The van der Waals surface area contributed by atoms with Gasteiger partial charge in [0.15, 0.2) is 0 Å². The minimum absolute atomic E-state index is 0.367. The third-order valence-electron chi connectivity index (χ3n) is 3.02.